The van der Waals surface area contributed by atoms with Crippen LogP contribution in [0.3, 0.4) is 0 Å². The monoisotopic (exact) mass is 471 g/mol. The van der Waals surface area contributed by atoms with Crippen molar-refractivity contribution >= 4 is 40.9 Å². The van der Waals surface area contributed by atoms with Crippen molar-refractivity contribution in [2.75, 3.05) is 22.7 Å². The van der Waals surface area contributed by atoms with E-state index in [1.54, 1.807) is 18.3 Å². The molecule has 6 nitrogen and oxygen atoms in total. The molecule has 2 heterocycles. The van der Waals surface area contributed by atoms with Crippen LogP contribution in [0, 0.1) is 6.92 Å². The molecule has 32 heavy (non-hydrogen) atoms. The second-order valence-electron chi connectivity index (χ2n) is 7.88. The lowest BCUT2D eigenvalue weighted by Crippen LogP contribution is -2.29. The van der Waals surface area contributed by atoms with E-state index >= 15 is 0 Å². The largest absolute Gasteiger partial charge is 0.478 e. The fourth-order valence-corrected chi connectivity index (χ4v) is 5.16. The van der Waals surface area contributed by atoms with Crippen molar-refractivity contribution in [2.45, 2.75) is 44.4 Å². The highest BCUT2D eigenvalue weighted by Gasteiger charge is 2.20. The molecule has 1 saturated heterocycles. The zero-order valence-electron chi connectivity index (χ0n) is 18.2. The van der Waals surface area contributed by atoms with Crippen molar-refractivity contribution in [2.24, 2.45) is 0 Å². The number of carbonyl (C=O) groups is 1. The van der Waals surface area contributed by atoms with E-state index in [1.165, 1.54) is 18.4 Å². The zero-order valence-corrected chi connectivity index (χ0v) is 19.7. The number of nitrogens with zero attached hydrogens (tertiary/aromatic N) is 2. The minimum Gasteiger partial charge on any atom is -0.478 e. The number of hydrogen-bond acceptors (Lipinski definition) is 6. The first kappa shape index (κ1) is 22.6. The molecule has 1 aliphatic heterocycles. The van der Waals surface area contributed by atoms with Gasteiger partial charge in [0, 0.05) is 29.1 Å². The number of aromatic carboxylic acids is 1. The molecule has 0 aliphatic carbocycles. The molecule has 0 atom stereocenters. The van der Waals surface area contributed by atoms with E-state index in [0.29, 0.717) is 10.8 Å². The van der Waals surface area contributed by atoms with Gasteiger partial charge >= 0.3 is 5.97 Å². The Hall–Kier alpha value is -2.64. The van der Waals surface area contributed by atoms with E-state index in [4.69, 9.17) is 16.1 Å². The van der Waals surface area contributed by atoms with Crippen LogP contribution in [0.1, 0.15) is 47.9 Å². The third-order valence-corrected chi connectivity index (χ3v) is 7.02. The summed E-state index contributed by atoms with van der Waals surface area (Å²) in [4.78, 5) is 14.7. The van der Waals surface area contributed by atoms with E-state index in [1.807, 2.05) is 25.1 Å². The Kier molecular flexibility index (Phi) is 6.96. The number of piperidine rings is 1. The zero-order chi connectivity index (χ0) is 22.7. The molecule has 1 aliphatic rings. The Bertz CT molecular complexity index is 1130. The Morgan fingerprint density at radius 1 is 1.22 bits per heavy atom. The summed E-state index contributed by atoms with van der Waals surface area (Å²) in [6.45, 7) is 5.89. The fourth-order valence-electron chi connectivity index (χ4n) is 3.99. The minimum atomic E-state index is -0.930. The van der Waals surface area contributed by atoms with Crippen molar-refractivity contribution in [3.63, 3.8) is 0 Å². The third-order valence-electron chi connectivity index (χ3n) is 5.79. The van der Waals surface area contributed by atoms with Gasteiger partial charge in [-0.15, -0.1) is 0 Å². The molecule has 2 N–H and O–H groups in total. The van der Waals surface area contributed by atoms with Gasteiger partial charge in [0.05, 0.1) is 28.2 Å². The first-order chi connectivity index (χ1) is 15.5. The van der Waals surface area contributed by atoms with Gasteiger partial charge in [-0.25, -0.2) is 4.79 Å². The topological polar surface area (TPSA) is 78.6 Å². The van der Waals surface area contributed by atoms with Gasteiger partial charge in [-0.2, -0.15) is 0 Å². The highest BCUT2D eigenvalue weighted by Crippen LogP contribution is 2.41. The van der Waals surface area contributed by atoms with Gasteiger partial charge in [0.25, 0.3) is 0 Å². The summed E-state index contributed by atoms with van der Waals surface area (Å²) in [7, 11) is 0. The van der Waals surface area contributed by atoms with E-state index in [0.717, 1.165) is 65.3 Å². The summed E-state index contributed by atoms with van der Waals surface area (Å²) < 4.78 is 8.74. The van der Waals surface area contributed by atoms with Gasteiger partial charge in [0.15, 0.2) is 0 Å². The lowest BCUT2D eigenvalue weighted by atomic mass is 10.0. The molecule has 0 bridgehead atoms. The van der Waals surface area contributed by atoms with Crippen LogP contribution in [-0.2, 0) is 6.42 Å². The van der Waals surface area contributed by atoms with Gasteiger partial charge in [-0.05, 0) is 74.4 Å². The van der Waals surface area contributed by atoms with Crippen LogP contribution in [0.15, 0.2) is 45.9 Å². The Labute approximate surface area is 197 Å². The predicted octanol–water partition coefficient (Wildman–Crippen LogP) is 6.67. The maximum Gasteiger partial charge on any atom is 0.335 e. The van der Waals surface area contributed by atoms with E-state index in [-0.39, 0.29) is 5.56 Å². The van der Waals surface area contributed by atoms with Gasteiger partial charge in [0.2, 0.25) is 0 Å². The molecule has 0 amide bonds. The molecule has 4 rings (SSSR count). The van der Waals surface area contributed by atoms with Crippen LogP contribution in [-0.4, -0.2) is 29.3 Å². The van der Waals surface area contributed by atoms with Crippen LogP contribution in [0.2, 0.25) is 5.02 Å². The number of benzene rings is 2. The maximum absolute atomic E-state index is 11.5. The van der Waals surface area contributed by atoms with Crippen molar-refractivity contribution < 1.29 is 14.4 Å². The molecule has 1 aromatic heterocycles. The van der Waals surface area contributed by atoms with E-state index in [2.05, 4.69) is 21.7 Å². The highest BCUT2D eigenvalue weighted by molar-refractivity contribution is 8.00. The molecule has 2 aromatic carbocycles. The summed E-state index contributed by atoms with van der Waals surface area (Å²) in [6.07, 6.45) is 6.03. The number of halogens is 1. The van der Waals surface area contributed by atoms with Gasteiger partial charge in [-0.3, -0.25) is 0 Å². The summed E-state index contributed by atoms with van der Waals surface area (Å²) in [6, 6.07) is 9.30. The van der Waals surface area contributed by atoms with Crippen molar-refractivity contribution in [3.05, 3.63) is 58.4 Å². The molecule has 168 valence electrons. The van der Waals surface area contributed by atoms with Crippen molar-refractivity contribution in [1.82, 2.24) is 5.16 Å². The van der Waals surface area contributed by atoms with Crippen LogP contribution in [0.25, 0.3) is 11.1 Å². The van der Waals surface area contributed by atoms with E-state index < -0.39 is 5.97 Å². The van der Waals surface area contributed by atoms with Crippen LogP contribution >= 0.6 is 23.5 Å². The summed E-state index contributed by atoms with van der Waals surface area (Å²) >= 11 is 8.14. The summed E-state index contributed by atoms with van der Waals surface area (Å²) in [5.74, 6) is -0.223. The van der Waals surface area contributed by atoms with Gasteiger partial charge in [-0.1, -0.05) is 29.7 Å². The summed E-state index contributed by atoms with van der Waals surface area (Å²) in [5, 5.41) is 14.0. The number of aryl methyl sites for hydroxylation is 2. The summed E-state index contributed by atoms with van der Waals surface area (Å²) in [5.41, 5.74) is 5.06. The number of anilines is 2. The van der Waals surface area contributed by atoms with Gasteiger partial charge in [0.1, 0.15) is 5.76 Å². The first-order valence-electron chi connectivity index (χ1n) is 10.8. The van der Waals surface area contributed by atoms with E-state index in [9.17, 15) is 9.90 Å². The quantitative estimate of drug-likeness (QED) is 0.372. The number of hydrogen-bond donors (Lipinski definition) is 2. The standard InChI is InChI=1S/C24H26ClN3O3S/c1-3-16-7-8-17(24(29)30)11-23(16)32-27-21-12-18(19-14-26-31-15(19)2)20(25)13-22(21)28-9-5-4-6-10-28/h7-8,11-14,27H,3-6,9-10H2,1-2H3,(H,29,30). The predicted molar refractivity (Wildman–Crippen MR) is 130 cm³/mol. The number of aromatic nitrogens is 1. The van der Waals surface area contributed by atoms with Crippen molar-refractivity contribution in [3.8, 4) is 11.1 Å². The molecular formula is C24H26ClN3O3S. The lowest BCUT2D eigenvalue weighted by Gasteiger charge is -2.31. The Morgan fingerprint density at radius 3 is 2.66 bits per heavy atom. The number of carboxylic acids is 1. The number of carboxylic acid groups (broad SMARTS) is 1. The first-order valence-corrected chi connectivity index (χ1v) is 12.0. The second kappa shape index (κ2) is 9.88. The smallest absolute Gasteiger partial charge is 0.335 e. The molecular weight excluding hydrogens is 446 g/mol. The van der Waals surface area contributed by atoms with Gasteiger partial charge < -0.3 is 19.3 Å². The molecule has 0 radical (unpaired) electrons. The van der Waals surface area contributed by atoms with Crippen LogP contribution < -0.4 is 9.62 Å². The normalized spacial score (nSPS) is 13.9. The molecule has 3 aromatic rings. The Balaban J connectivity index is 1.72. The molecule has 1 fully saturated rings. The maximum atomic E-state index is 11.5. The molecule has 0 spiro atoms. The molecule has 0 unspecified atom stereocenters. The minimum absolute atomic E-state index is 0.277. The second-order valence-corrected chi connectivity index (χ2v) is 9.13. The van der Waals surface area contributed by atoms with Crippen LogP contribution in [0.5, 0.6) is 0 Å². The van der Waals surface area contributed by atoms with Crippen molar-refractivity contribution in [1.29, 1.82) is 0 Å². The SMILES string of the molecule is CCc1ccc(C(=O)O)cc1SNc1cc(-c2cnoc2C)c(Cl)cc1N1CCCCC1. The highest BCUT2D eigenvalue weighted by atomic mass is 35.5. The average molecular weight is 472 g/mol. The average Bonchev–Trinajstić information content (AvgIpc) is 3.23. The molecule has 0 saturated carbocycles. The number of rotatable bonds is 7. The lowest BCUT2D eigenvalue weighted by molar-refractivity contribution is 0.0696. The third kappa shape index (κ3) is 4.74. The number of nitrogens with one attached hydrogen (secondary N) is 1. The Morgan fingerprint density at radius 2 is 2.00 bits per heavy atom. The molecule has 8 heteroatoms. The van der Waals surface area contributed by atoms with Crippen LogP contribution in [0.4, 0.5) is 11.4 Å². The fraction of sp³-hybridized carbons (Fsp3) is 0.333.